The minimum atomic E-state index is -0.421. The monoisotopic (exact) mass is 380 g/mol. The Hall–Kier alpha value is -3.65. The number of rotatable bonds is 5. The minimum absolute atomic E-state index is 0.138. The van der Waals surface area contributed by atoms with E-state index >= 15 is 0 Å². The predicted octanol–water partition coefficient (Wildman–Crippen LogP) is 2.82. The van der Waals surface area contributed by atoms with E-state index in [-0.39, 0.29) is 17.3 Å². The molecule has 0 aliphatic rings. The maximum Gasteiger partial charge on any atom is 0.152 e. The number of imidazole rings is 1. The molecule has 0 amide bonds. The SMILES string of the molecule is COc1cc(OC)cc(-n2c(N)c(-c3nc4ccccc4[nH]3)c(O)c2CO)c1. The quantitative estimate of drug-likeness (QED) is 0.423. The summed E-state index contributed by atoms with van der Waals surface area (Å²) >= 11 is 0. The molecule has 8 heteroatoms. The van der Waals surface area contributed by atoms with Crippen LogP contribution in [0.1, 0.15) is 5.69 Å². The Kier molecular flexibility index (Phi) is 4.32. The number of nitrogen functional groups attached to an aromatic ring is 1. The van der Waals surface area contributed by atoms with Gasteiger partial charge in [-0.25, -0.2) is 4.98 Å². The van der Waals surface area contributed by atoms with E-state index in [4.69, 9.17) is 15.2 Å². The smallest absolute Gasteiger partial charge is 0.152 e. The van der Waals surface area contributed by atoms with Gasteiger partial charge in [-0.15, -0.1) is 0 Å². The number of para-hydroxylation sites is 2. The Balaban J connectivity index is 1.96. The van der Waals surface area contributed by atoms with Gasteiger partial charge in [-0.3, -0.25) is 4.57 Å². The first kappa shape index (κ1) is 17.7. The van der Waals surface area contributed by atoms with Crippen molar-refractivity contribution in [1.29, 1.82) is 0 Å². The van der Waals surface area contributed by atoms with Crippen LogP contribution in [-0.4, -0.2) is 39.0 Å². The van der Waals surface area contributed by atoms with Crippen molar-refractivity contribution in [3.05, 3.63) is 48.2 Å². The molecule has 2 aromatic carbocycles. The predicted molar refractivity (Wildman–Crippen MR) is 106 cm³/mol. The average molecular weight is 380 g/mol. The number of aliphatic hydroxyl groups excluding tert-OH is 1. The molecule has 144 valence electrons. The van der Waals surface area contributed by atoms with Gasteiger partial charge in [0.15, 0.2) is 5.75 Å². The molecule has 0 fully saturated rings. The molecule has 4 rings (SSSR count). The molecule has 0 saturated carbocycles. The highest BCUT2D eigenvalue weighted by Crippen LogP contribution is 2.42. The number of methoxy groups -OCH3 is 2. The van der Waals surface area contributed by atoms with Gasteiger partial charge < -0.3 is 30.4 Å². The lowest BCUT2D eigenvalue weighted by molar-refractivity contribution is 0.268. The first-order valence-electron chi connectivity index (χ1n) is 8.58. The fourth-order valence-electron chi connectivity index (χ4n) is 3.30. The zero-order valence-corrected chi connectivity index (χ0v) is 15.4. The van der Waals surface area contributed by atoms with Gasteiger partial charge in [0.25, 0.3) is 0 Å². The van der Waals surface area contributed by atoms with Gasteiger partial charge in [0, 0.05) is 18.2 Å². The van der Waals surface area contributed by atoms with E-state index in [1.807, 2.05) is 24.3 Å². The number of aromatic nitrogens is 3. The van der Waals surface area contributed by atoms with Crippen molar-refractivity contribution in [1.82, 2.24) is 14.5 Å². The molecule has 0 bridgehead atoms. The molecular formula is C20H20N4O4. The number of aromatic amines is 1. The second kappa shape index (κ2) is 6.82. The lowest BCUT2D eigenvalue weighted by atomic mass is 10.2. The Labute approximate surface area is 160 Å². The van der Waals surface area contributed by atoms with Crippen molar-refractivity contribution < 1.29 is 19.7 Å². The highest BCUT2D eigenvalue weighted by atomic mass is 16.5. The minimum Gasteiger partial charge on any atom is -0.505 e. The normalized spacial score (nSPS) is 11.1. The molecule has 0 atom stereocenters. The number of nitrogens with two attached hydrogens (primary N) is 1. The molecule has 0 unspecified atom stereocenters. The highest BCUT2D eigenvalue weighted by molar-refractivity contribution is 5.86. The third kappa shape index (κ3) is 2.71. The number of benzene rings is 2. The number of hydrogen-bond acceptors (Lipinski definition) is 6. The van der Waals surface area contributed by atoms with Crippen LogP contribution in [0.5, 0.6) is 17.2 Å². The van der Waals surface area contributed by atoms with Crippen LogP contribution in [0.15, 0.2) is 42.5 Å². The van der Waals surface area contributed by atoms with Gasteiger partial charge in [-0.1, -0.05) is 12.1 Å². The summed E-state index contributed by atoms with van der Waals surface area (Å²) in [6, 6.07) is 12.7. The fourth-order valence-corrected chi connectivity index (χ4v) is 3.30. The Morgan fingerprint density at radius 1 is 1.11 bits per heavy atom. The maximum absolute atomic E-state index is 10.8. The van der Waals surface area contributed by atoms with Crippen molar-refractivity contribution in [2.75, 3.05) is 20.0 Å². The van der Waals surface area contributed by atoms with Gasteiger partial charge in [-0.05, 0) is 12.1 Å². The fraction of sp³-hybridized carbons (Fsp3) is 0.150. The van der Waals surface area contributed by atoms with Crippen LogP contribution >= 0.6 is 0 Å². The van der Waals surface area contributed by atoms with Crippen LogP contribution in [0, 0.1) is 0 Å². The molecule has 2 aromatic heterocycles. The van der Waals surface area contributed by atoms with Crippen LogP contribution in [0.3, 0.4) is 0 Å². The summed E-state index contributed by atoms with van der Waals surface area (Å²) in [6.45, 7) is -0.421. The Morgan fingerprint density at radius 2 is 1.79 bits per heavy atom. The van der Waals surface area contributed by atoms with Crippen LogP contribution in [0.25, 0.3) is 28.1 Å². The Morgan fingerprint density at radius 3 is 2.39 bits per heavy atom. The van der Waals surface area contributed by atoms with Crippen LogP contribution in [0.2, 0.25) is 0 Å². The number of nitrogens with zero attached hydrogens (tertiary/aromatic N) is 2. The lowest BCUT2D eigenvalue weighted by Gasteiger charge is -2.13. The van der Waals surface area contributed by atoms with Crippen molar-refractivity contribution in [3.8, 4) is 34.3 Å². The molecule has 0 aliphatic carbocycles. The number of nitrogens with one attached hydrogen (secondary N) is 1. The number of hydrogen-bond donors (Lipinski definition) is 4. The molecular weight excluding hydrogens is 360 g/mol. The summed E-state index contributed by atoms with van der Waals surface area (Å²) < 4.78 is 12.2. The van der Waals surface area contributed by atoms with Crippen molar-refractivity contribution >= 4 is 16.9 Å². The lowest BCUT2D eigenvalue weighted by Crippen LogP contribution is -2.05. The Bertz CT molecular complexity index is 1110. The van der Waals surface area contributed by atoms with E-state index in [0.717, 1.165) is 11.0 Å². The second-order valence-corrected chi connectivity index (χ2v) is 6.22. The van der Waals surface area contributed by atoms with Crippen LogP contribution in [0.4, 0.5) is 5.82 Å². The first-order valence-corrected chi connectivity index (χ1v) is 8.58. The third-order valence-corrected chi connectivity index (χ3v) is 4.65. The number of H-pyrrole nitrogens is 1. The summed E-state index contributed by atoms with van der Waals surface area (Å²) in [4.78, 5) is 7.67. The third-order valence-electron chi connectivity index (χ3n) is 4.65. The van der Waals surface area contributed by atoms with Crippen LogP contribution < -0.4 is 15.2 Å². The molecule has 0 saturated heterocycles. The highest BCUT2D eigenvalue weighted by Gasteiger charge is 2.25. The number of aliphatic hydroxyl groups is 1. The standard InChI is InChI=1S/C20H20N4O4/c1-27-12-7-11(8-13(9-12)28-2)24-16(10-25)18(26)17(19(24)21)20-22-14-5-3-4-6-15(14)23-20/h3-9,25-26H,10,21H2,1-2H3,(H,22,23). The molecule has 8 nitrogen and oxygen atoms in total. The van der Waals surface area contributed by atoms with E-state index in [1.54, 1.807) is 37.0 Å². The number of anilines is 1. The molecule has 0 aliphatic heterocycles. The molecule has 0 spiro atoms. The summed E-state index contributed by atoms with van der Waals surface area (Å²) in [7, 11) is 3.09. The maximum atomic E-state index is 10.8. The van der Waals surface area contributed by atoms with E-state index in [1.165, 1.54) is 0 Å². The zero-order valence-electron chi connectivity index (χ0n) is 15.4. The molecule has 2 heterocycles. The van der Waals surface area contributed by atoms with Crippen LogP contribution in [-0.2, 0) is 6.61 Å². The van der Waals surface area contributed by atoms with Crippen molar-refractivity contribution in [3.63, 3.8) is 0 Å². The largest absolute Gasteiger partial charge is 0.505 e. The van der Waals surface area contributed by atoms with E-state index in [0.29, 0.717) is 28.6 Å². The van der Waals surface area contributed by atoms with Crippen molar-refractivity contribution in [2.45, 2.75) is 6.61 Å². The van der Waals surface area contributed by atoms with Gasteiger partial charge in [0.05, 0.1) is 43.2 Å². The van der Waals surface area contributed by atoms with Gasteiger partial charge >= 0.3 is 0 Å². The summed E-state index contributed by atoms with van der Waals surface area (Å²) in [5.41, 5.74) is 9.10. The summed E-state index contributed by atoms with van der Waals surface area (Å²) in [5.74, 6) is 1.61. The number of ether oxygens (including phenoxy) is 2. The first-order chi connectivity index (χ1) is 13.6. The van der Waals surface area contributed by atoms with Gasteiger partial charge in [0.2, 0.25) is 0 Å². The van der Waals surface area contributed by atoms with E-state index < -0.39 is 6.61 Å². The summed E-state index contributed by atoms with van der Waals surface area (Å²) in [5, 5.41) is 20.7. The molecule has 0 radical (unpaired) electrons. The van der Waals surface area contributed by atoms with Gasteiger partial charge in [0.1, 0.15) is 28.7 Å². The van der Waals surface area contributed by atoms with E-state index in [2.05, 4.69) is 9.97 Å². The van der Waals surface area contributed by atoms with Crippen molar-refractivity contribution in [2.24, 2.45) is 0 Å². The number of aromatic hydroxyl groups is 1. The number of fused-ring (bicyclic) bond motifs is 1. The average Bonchev–Trinajstić information content (AvgIpc) is 3.24. The zero-order chi connectivity index (χ0) is 19.8. The molecule has 5 N–H and O–H groups in total. The van der Waals surface area contributed by atoms with E-state index in [9.17, 15) is 10.2 Å². The topological polar surface area (TPSA) is 119 Å². The second-order valence-electron chi connectivity index (χ2n) is 6.22. The summed E-state index contributed by atoms with van der Waals surface area (Å²) in [6.07, 6.45) is 0. The molecule has 28 heavy (non-hydrogen) atoms. The van der Waals surface area contributed by atoms with Gasteiger partial charge in [-0.2, -0.15) is 0 Å². The molecule has 4 aromatic rings.